The van der Waals surface area contributed by atoms with Gasteiger partial charge >= 0.3 is 0 Å². The molecule has 2 atom stereocenters. The maximum absolute atomic E-state index is 8.74. The summed E-state index contributed by atoms with van der Waals surface area (Å²) in [5.41, 5.74) is 14.3. The Balaban J connectivity index is 2.04. The lowest BCUT2D eigenvalue weighted by Crippen LogP contribution is -2.17. The van der Waals surface area contributed by atoms with E-state index in [-0.39, 0.29) is 0 Å². The van der Waals surface area contributed by atoms with Crippen LogP contribution < -0.4 is 11.5 Å². The fraction of sp³-hybridized carbons (Fsp3) is 0.133. The van der Waals surface area contributed by atoms with Crippen molar-refractivity contribution >= 4 is 0 Å². The van der Waals surface area contributed by atoms with Crippen LogP contribution in [-0.2, 0) is 0 Å². The normalized spacial score (nSPS) is 13.5. The topological polar surface area (TPSA) is 89.9 Å². The summed E-state index contributed by atoms with van der Waals surface area (Å²) in [5.74, 6) is 0. The third kappa shape index (κ3) is 3.39. The fourth-order valence-corrected chi connectivity index (χ4v) is 1.75. The van der Waals surface area contributed by atoms with Crippen molar-refractivity contribution in [3.05, 3.63) is 76.6 Å². The van der Waals surface area contributed by atoms with Gasteiger partial charge in [-0.25, -0.2) is 0 Å². The molecule has 0 bridgehead atoms. The lowest BCUT2D eigenvalue weighted by Gasteiger charge is -2.35. The molecule has 0 aliphatic heterocycles. The molecular weight excluding hydrogens is 236 g/mol. The first-order valence-corrected chi connectivity index (χ1v) is 5.97. The van der Waals surface area contributed by atoms with Gasteiger partial charge in [0.15, 0.2) is 0 Å². The Labute approximate surface area is 112 Å². The highest BCUT2D eigenvalue weighted by molar-refractivity contribution is 5.34. The molecule has 0 aliphatic rings. The predicted molar refractivity (Wildman–Crippen MR) is 74.8 cm³/mol. The number of nitriles is 1. The first-order chi connectivity index (χ1) is 9.20. The Morgan fingerprint density at radius 2 is 1.37 bits per heavy atom. The molecule has 2 rings (SSSR count). The van der Waals surface area contributed by atoms with Crippen LogP contribution in [0, 0.1) is 11.3 Å². The van der Waals surface area contributed by atoms with Crippen molar-refractivity contribution in [1.29, 1.82) is 5.26 Å². The van der Waals surface area contributed by atoms with E-state index >= 15 is 0 Å². The maximum atomic E-state index is 8.74. The largest absolute Gasteiger partial charge is 0.625 e. The molecule has 4 N–H and O–H groups in total. The van der Waals surface area contributed by atoms with Gasteiger partial charge in [0, 0.05) is 0 Å². The van der Waals surface area contributed by atoms with Crippen molar-refractivity contribution in [2.75, 3.05) is 0 Å². The second kappa shape index (κ2) is 6.12. The SMILES string of the molecule is N#Cc1ccc(C(N)[N-]C(N)c2ccccc2)cc1. The molecule has 0 amide bonds. The highest BCUT2D eigenvalue weighted by atomic mass is 15.1. The average Bonchev–Trinajstić information content (AvgIpc) is 2.48. The summed E-state index contributed by atoms with van der Waals surface area (Å²) in [7, 11) is 0. The van der Waals surface area contributed by atoms with Crippen LogP contribution in [0.25, 0.3) is 5.32 Å². The van der Waals surface area contributed by atoms with E-state index in [0.717, 1.165) is 11.1 Å². The van der Waals surface area contributed by atoms with Crippen LogP contribution >= 0.6 is 0 Å². The van der Waals surface area contributed by atoms with Crippen molar-refractivity contribution in [3.8, 4) is 6.07 Å². The van der Waals surface area contributed by atoms with Crippen LogP contribution in [0.1, 0.15) is 29.0 Å². The second-order valence-electron chi connectivity index (χ2n) is 4.18. The summed E-state index contributed by atoms with van der Waals surface area (Å²) in [6.07, 6.45) is -0.949. The van der Waals surface area contributed by atoms with E-state index in [4.69, 9.17) is 16.7 Å². The van der Waals surface area contributed by atoms with Gasteiger partial charge in [-0.05, 0) is 12.1 Å². The Morgan fingerprint density at radius 1 is 0.842 bits per heavy atom. The molecule has 0 spiro atoms. The number of hydrogen-bond donors (Lipinski definition) is 2. The zero-order chi connectivity index (χ0) is 13.7. The maximum Gasteiger partial charge on any atom is 0.0991 e. The van der Waals surface area contributed by atoms with Crippen molar-refractivity contribution in [2.45, 2.75) is 12.3 Å². The molecule has 96 valence electrons. The van der Waals surface area contributed by atoms with E-state index in [1.807, 2.05) is 30.3 Å². The van der Waals surface area contributed by atoms with E-state index in [1.54, 1.807) is 24.3 Å². The van der Waals surface area contributed by atoms with Gasteiger partial charge in [-0.15, -0.1) is 0 Å². The minimum absolute atomic E-state index is 0.452. The summed E-state index contributed by atoms with van der Waals surface area (Å²) < 4.78 is 0. The lowest BCUT2D eigenvalue weighted by molar-refractivity contribution is 0.723. The highest BCUT2D eigenvalue weighted by Gasteiger charge is 2.01. The Hall–Kier alpha value is -2.19. The molecule has 0 saturated carbocycles. The number of benzene rings is 2. The zero-order valence-corrected chi connectivity index (χ0v) is 10.4. The van der Waals surface area contributed by atoms with Gasteiger partial charge in [0.2, 0.25) is 0 Å². The van der Waals surface area contributed by atoms with E-state index in [2.05, 4.69) is 11.4 Å². The number of rotatable bonds is 4. The van der Waals surface area contributed by atoms with E-state index in [0.29, 0.717) is 5.56 Å². The molecule has 19 heavy (non-hydrogen) atoms. The van der Waals surface area contributed by atoms with Gasteiger partial charge in [0.25, 0.3) is 0 Å². The van der Waals surface area contributed by atoms with E-state index in [1.165, 1.54) is 0 Å². The molecule has 2 aromatic carbocycles. The molecule has 0 fully saturated rings. The van der Waals surface area contributed by atoms with Crippen molar-refractivity contribution in [2.24, 2.45) is 11.5 Å². The van der Waals surface area contributed by atoms with Gasteiger partial charge in [-0.1, -0.05) is 65.9 Å². The summed E-state index contributed by atoms with van der Waals surface area (Å²) in [6, 6.07) is 18.7. The van der Waals surface area contributed by atoms with Crippen LogP contribution in [0.15, 0.2) is 54.6 Å². The first kappa shape index (κ1) is 13.2. The molecule has 2 unspecified atom stereocenters. The van der Waals surface area contributed by atoms with Crippen LogP contribution in [-0.4, -0.2) is 0 Å². The van der Waals surface area contributed by atoms with Gasteiger partial charge in [-0.2, -0.15) is 5.26 Å². The van der Waals surface area contributed by atoms with Crippen molar-refractivity contribution < 1.29 is 0 Å². The average molecular weight is 251 g/mol. The van der Waals surface area contributed by atoms with Gasteiger partial charge in [0.1, 0.15) is 0 Å². The second-order valence-corrected chi connectivity index (χ2v) is 4.18. The van der Waals surface area contributed by atoms with Crippen LogP contribution in [0.3, 0.4) is 0 Å². The molecule has 0 aliphatic carbocycles. The molecule has 4 nitrogen and oxygen atoms in total. The smallest absolute Gasteiger partial charge is 0.0991 e. The van der Waals surface area contributed by atoms with Crippen molar-refractivity contribution in [3.63, 3.8) is 0 Å². The predicted octanol–water partition coefficient (Wildman–Crippen LogP) is 2.55. The monoisotopic (exact) mass is 251 g/mol. The molecular formula is C15H15N4-. The van der Waals surface area contributed by atoms with Crippen molar-refractivity contribution in [1.82, 2.24) is 0 Å². The van der Waals surface area contributed by atoms with E-state index < -0.39 is 12.3 Å². The van der Waals surface area contributed by atoms with Gasteiger partial charge in [-0.3, -0.25) is 0 Å². The molecule has 4 heteroatoms. The van der Waals surface area contributed by atoms with Crippen LogP contribution in [0.5, 0.6) is 0 Å². The third-order valence-corrected chi connectivity index (χ3v) is 2.84. The number of nitrogens with zero attached hydrogens (tertiary/aromatic N) is 2. The standard InChI is InChI=1S/C15H15N4/c16-10-11-6-8-13(9-7-11)15(18)19-14(17)12-4-2-1-3-5-12/h1-9,14-15H,17-18H2/q-1. The Morgan fingerprint density at radius 3 is 1.89 bits per heavy atom. The van der Waals surface area contributed by atoms with Gasteiger partial charge < -0.3 is 16.8 Å². The summed E-state index contributed by atoms with van der Waals surface area (Å²) in [5, 5.41) is 13.1. The summed E-state index contributed by atoms with van der Waals surface area (Å²) in [6.45, 7) is 0. The molecule has 0 heterocycles. The van der Waals surface area contributed by atoms with E-state index in [9.17, 15) is 0 Å². The molecule has 0 saturated heterocycles. The zero-order valence-electron chi connectivity index (χ0n) is 10.4. The number of hydrogen-bond acceptors (Lipinski definition) is 3. The van der Waals surface area contributed by atoms with Crippen LogP contribution in [0.2, 0.25) is 0 Å². The first-order valence-electron chi connectivity index (χ1n) is 5.97. The van der Waals surface area contributed by atoms with Gasteiger partial charge in [0.05, 0.1) is 11.6 Å². The molecule has 0 radical (unpaired) electrons. The Kier molecular flexibility index (Phi) is 4.26. The Bertz CT molecular complexity index is 557. The number of nitrogens with two attached hydrogens (primary N) is 2. The minimum Gasteiger partial charge on any atom is -0.625 e. The molecule has 2 aromatic rings. The fourth-order valence-electron chi connectivity index (χ4n) is 1.75. The van der Waals surface area contributed by atoms with Crippen LogP contribution in [0.4, 0.5) is 0 Å². The molecule has 0 aromatic heterocycles. The summed E-state index contributed by atoms with van der Waals surface area (Å²) >= 11 is 0. The summed E-state index contributed by atoms with van der Waals surface area (Å²) in [4.78, 5) is 0. The lowest BCUT2D eigenvalue weighted by atomic mass is 10.1. The third-order valence-electron chi connectivity index (χ3n) is 2.84. The highest BCUT2D eigenvalue weighted by Crippen LogP contribution is 2.25. The minimum atomic E-state index is -0.497. The quantitative estimate of drug-likeness (QED) is 0.874.